The first-order valence-electron chi connectivity index (χ1n) is 6.08. The molecule has 3 heteroatoms. The molecule has 0 aliphatic carbocycles. The van der Waals surface area contributed by atoms with Crippen LogP contribution in [-0.2, 0) is 16.0 Å². The van der Waals surface area contributed by atoms with Crippen LogP contribution in [0.15, 0.2) is 24.3 Å². The van der Waals surface area contributed by atoms with Crippen molar-refractivity contribution >= 4 is 12.0 Å². The van der Waals surface area contributed by atoms with Crippen molar-refractivity contribution in [1.29, 1.82) is 0 Å². The smallest absolute Gasteiger partial charge is 0.330 e. The van der Waals surface area contributed by atoms with Gasteiger partial charge in [0.2, 0.25) is 0 Å². The van der Waals surface area contributed by atoms with Gasteiger partial charge in [0.05, 0.1) is 7.11 Å². The first-order valence-corrected chi connectivity index (χ1v) is 6.08. The standard InChI is InChI=1S/C15H18O3/c1-15(2)9-8-12-10-11(4-6-13(12)18-15)5-7-14(16)17-3/h4-7,10H,8-9H2,1-3H3. The number of esters is 1. The number of hydrogen-bond acceptors (Lipinski definition) is 3. The number of fused-ring (bicyclic) bond motifs is 1. The summed E-state index contributed by atoms with van der Waals surface area (Å²) in [7, 11) is 1.37. The normalized spacial score (nSPS) is 17.1. The summed E-state index contributed by atoms with van der Waals surface area (Å²) in [5, 5.41) is 0. The van der Waals surface area contributed by atoms with E-state index in [1.807, 2.05) is 12.1 Å². The minimum absolute atomic E-state index is 0.0869. The SMILES string of the molecule is COC(=O)C=Cc1ccc2c(c1)CCC(C)(C)O2. The molecule has 18 heavy (non-hydrogen) atoms. The molecule has 0 spiro atoms. The van der Waals surface area contributed by atoms with Crippen LogP contribution in [0.3, 0.4) is 0 Å². The molecule has 0 N–H and O–H groups in total. The van der Waals surface area contributed by atoms with E-state index in [9.17, 15) is 4.79 Å². The zero-order valence-electron chi connectivity index (χ0n) is 11.0. The molecule has 3 nitrogen and oxygen atoms in total. The second-order valence-electron chi connectivity index (χ2n) is 5.09. The van der Waals surface area contributed by atoms with Crippen LogP contribution < -0.4 is 4.74 Å². The maximum Gasteiger partial charge on any atom is 0.330 e. The van der Waals surface area contributed by atoms with Gasteiger partial charge in [0.15, 0.2) is 0 Å². The highest BCUT2D eigenvalue weighted by atomic mass is 16.5. The van der Waals surface area contributed by atoms with Crippen LogP contribution in [0.2, 0.25) is 0 Å². The first kappa shape index (κ1) is 12.7. The van der Waals surface area contributed by atoms with Crippen molar-refractivity contribution in [2.45, 2.75) is 32.3 Å². The summed E-state index contributed by atoms with van der Waals surface area (Å²) in [6, 6.07) is 5.97. The van der Waals surface area contributed by atoms with Crippen LogP contribution in [0, 0.1) is 0 Å². The molecule has 1 aromatic carbocycles. The lowest BCUT2D eigenvalue weighted by atomic mass is 9.93. The van der Waals surface area contributed by atoms with Crippen molar-refractivity contribution in [2.75, 3.05) is 7.11 Å². The van der Waals surface area contributed by atoms with E-state index >= 15 is 0 Å². The Bertz CT molecular complexity index is 487. The number of ether oxygens (including phenoxy) is 2. The fourth-order valence-electron chi connectivity index (χ4n) is 2.01. The molecule has 1 aliphatic heterocycles. The van der Waals surface area contributed by atoms with E-state index in [0.29, 0.717) is 0 Å². The number of methoxy groups -OCH3 is 1. The molecule has 2 rings (SSSR count). The molecule has 1 heterocycles. The highest BCUT2D eigenvalue weighted by Gasteiger charge is 2.26. The van der Waals surface area contributed by atoms with Crippen molar-refractivity contribution in [3.63, 3.8) is 0 Å². The monoisotopic (exact) mass is 246 g/mol. The lowest BCUT2D eigenvalue weighted by molar-refractivity contribution is -0.134. The van der Waals surface area contributed by atoms with Crippen molar-refractivity contribution in [3.05, 3.63) is 35.4 Å². The van der Waals surface area contributed by atoms with E-state index in [4.69, 9.17) is 4.74 Å². The first-order chi connectivity index (χ1) is 8.50. The average Bonchev–Trinajstić information content (AvgIpc) is 2.35. The quantitative estimate of drug-likeness (QED) is 0.594. The second-order valence-corrected chi connectivity index (χ2v) is 5.09. The van der Waals surface area contributed by atoms with E-state index in [1.165, 1.54) is 18.7 Å². The molecule has 0 fully saturated rings. The molecule has 0 bridgehead atoms. The van der Waals surface area contributed by atoms with Gasteiger partial charge in [0.25, 0.3) is 0 Å². The third kappa shape index (κ3) is 2.92. The molecule has 0 unspecified atom stereocenters. The maximum atomic E-state index is 11.0. The second kappa shape index (κ2) is 4.84. The fraction of sp³-hybridized carbons (Fsp3) is 0.400. The molecule has 0 saturated heterocycles. The predicted octanol–water partition coefficient (Wildman–Crippen LogP) is 2.98. The van der Waals surface area contributed by atoms with Crippen molar-refractivity contribution < 1.29 is 14.3 Å². The summed E-state index contributed by atoms with van der Waals surface area (Å²) >= 11 is 0. The Hall–Kier alpha value is -1.77. The largest absolute Gasteiger partial charge is 0.488 e. The number of aryl methyl sites for hydroxylation is 1. The average molecular weight is 246 g/mol. The molecule has 0 aromatic heterocycles. The fourth-order valence-corrected chi connectivity index (χ4v) is 2.01. The molecule has 1 aliphatic rings. The van der Waals surface area contributed by atoms with Gasteiger partial charge in [0.1, 0.15) is 11.4 Å². The summed E-state index contributed by atoms with van der Waals surface area (Å²) in [5.41, 5.74) is 2.10. The van der Waals surface area contributed by atoms with Gasteiger partial charge in [-0.3, -0.25) is 0 Å². The Balaban J connectivity index is 2.19. The molecule has 0 radical (unpaired) electrons. The summed E-state index contributed by atoms with van der Waals surface area (Å²) in [5.74, 6) is 0.603. The summed E-state index contributed by atoms with van der Waals surface area (Å²) < 4.78 is 10.5. The van der Waals surface area contributed by atoms with Crippen LogP contribution in [0.5, 0.6) is 5.75 Å². The number of carbonyl (C=O) groups is 1. The number of benzene rings is 1. The van der Waals surface area contributed by atoms with Gasteiger partial charge >= 0.3 is 5.97 Å². The van der Waals surface area contributed by atoms with E-state index in [0.717, 1.165) is 24.2 Å². The zero-order valence-corrected chi connectivity index (χ0v) is 11.0. The Labute approximate surface area is 107 Å². The Morgan fingerprint density at radius 1 is 1.44 bits per heavy atom. The van der Waals surface area contributed by atoms with Gasteiger partial charge in [-0.05, 0) is 56.0 Å². The highest BCUT2D eigenvalue weighted by molar-refractivity contribution is 5.87. The van der Waals surface area contributed by atoms with Crippen molar-refractivity contribution in [3.8, 4) is 5.75 Å². The van der Waals surface area contributed by atoms with Gasteiger partial charge in [-0.25, -0.2) is 4.79 Å². The zero-order chi connectivity index (χ0) is 13.2. The third-order valence-corrected chi connectivity index (χ3v) is 3.08. The van der Waals surface area contributed by atoms with Crippen molar-refractivity contribution in [2.24, 2.45) is 0 Å². The molecule has 0 amide bonds. The van der Waals surface area contributed by atoms with Gasteiger partial charge in [-0.2, -0.15) is 0 Å². The third-order valence-electron chi connectivity index (χ3n) is 3.08. The van der Waals surface area contributed by atoms with E-state index < -0.39 is 0 Å². The van der Waals surface area contributed by atoms with Crippen LogP contribution in [0.1, 0.15) is 31.4 Å². The number of rotatable bonds is 2. The Kier molecular flexibility index (Phi) is 3.41. The molecule has 0 atom stereocenters. The summed E-state index contributed by atoms with van der Waals surface area (Å²) in [6.45, 7) is 4.20. The molecular formula is C15H18O3. The topological polar surface area (TPSA) is 35.5 Å². The lowest BCUT2D eigenvalue weighted by Gasteiger charge is -2.32. The van der Waals surface area contributed by atoms with Crippen LogP contribution in [0.25, 0.3) is 6.08 Å². The van der Waals surface area contributed by atoms with E-state index in [-0.39, 0.29) is 11.6 Å². The van der Waals surface area contributed by atoms with Gasteiger partial charge in [0, 0.05) is 6.08 Å². The van der Waals surface area contributed by atoms with Crippen molar-refractivity contribution in [1.82, 2.24) is 0 Å². The minimum Gasteiger partial charge on any atom is -0.488 e. The van der Waals surface area contributed by atoms with Crippen LogP contribution >= 0.6 is 0 Å². The van der Waals surface area contributed by atoms with Crippen LogP contribution in [0.4, 0.5) is 0 Å². The van der Waals surface area contributed by atoms with Gasteiger partial charge < -0.3 is 9.47 Å². The summed E-state index contributed by atoms with van der Waals surface area (Å²) in [6.07, 6.45) is 5.19. The number of hydrogen-bond donors (Lipinski definition) is 0. The van der Waals surface area contributed by atoms with E-state index in [2.05, 4.69) is 24.7 Å². The highest BCUT2D eigenvalue weighted by Crippen LogP contribution is 2.33. The summed E-state index contributed by atoms with van der Waals surface area (Å²) in [4.78, 5) is 11.0. The molecule has 96 valence electrons. The Morgan fingerprint density at radius 2 is 2.22 bits per heavy atom. The van der Waals surface area contributed by atoms with Crippen LogP contribution in [-0.4, -0.2) is 18.7 Å². The van der Waals surface area contributed by atoms with Gasteiger partial charge in [-0.1, -0.05) is 6.07 Å². The molecule has 0 saturated carbocycles. The van der Waals surface area contributed by atoms with E-state index in [1.54, 1.807) is 6.08 Å². The van der Waals surface area contributed by atoms with Gasteiger partial charge in [-0.15, -0.1) is 0 Å². The molecule has 1 aromatic rings. The molecular weight excluding hydrogens is 228 g/mol. The Morgan fingerprint density at radius 3 is 2.94 bits per heavy atom. The lowest BCUT2D eigenvalue weighted by Crippen LogP contribution is -2.32. The number of carbonyl (C=O) groups excluding carboxylic acids is 1. The predicted molar refractivity (Wildman–Crippen MR) is 70.5 cm³/mol. The maximum absolute atomic E-state index is 11.0. The minimum atomic E-state index is -0.342.